The number of benzene rings is 2. The molecule has 1 aliphatic rings. The fourth-order valence-corrected chi connectivity index (χ4v) is 3.49. The number of anilines is 1. The van der Waals surface area contributed by atoms with Gasteiger partial charge in [0.05, 0.1) is 11.4 Å². The van der Waals surface area contributed by atoms with E-state index in [0.29, 0.717) is 0 Å². The van der Waals surface area contributed by atoms with Crippen LogP contribution in [0.3, 0.4) is 0 Å². The fraction of sp³-hybridized carbons (Fsp3) is 0.400. The maximum atomic E-state index is 9.85. The van der Waals surface area contributed by atoms with Gasteiger partial charge in [-0.25, -0.2) is 0 Å². The molecule has 2 N–H and O–H groups in total. The topological polar surface area (TPSA) is 68.4 Å². The molecule has 2 aromatic carbocycles. The number of rotatable bonds is 5. The van der Waals surface area contributed by atoms with E-state index in [0.717, 1.165) is 48.3 Å². The van der Waals surface area contributed by atoms with Gasteiger partial charge in [-0.3, -0.25) is 0 Å². The minimum atomic E-state index is -1.32. The van der Waals surface area contributed by atoms with Crippen LogP contribution in [0.4, 0.5) is 17.1 Å². The largest absolute Gasteiger partial charge is 0.378 e. The van der Waals surface area contributed by atoms with Crippen molar-refractivity contribution in [3.8, 4) is 0 Å². The van der Waals surface area contributed by atoms with Crippen molar-refractivity contribution in [1.82, 2.24) is 0 Å². The van der Waals surface area contributed by atoms with Gasteiger partial charge < -0.3 is 15.1 Å². The van der Waals surface area contributed by atoms with E-state index in [2.05, 4.69) is 10.2 Å². The second-order valence-corrected chi connectivity index (χ2v) is 6.89. The van der Waals surface area contributed by atoms with Crippen LogP contribution >= 0.6 is 0 Å². The second kappa shape index (κ2) is 7.33. The zero-order chi connectivity index (χ0) is 17.9. The molecule has 0 aromatic heterocycles. The fourth-order valence-electron chi connectivity index (χ4n) is 3.49. The Bertz CT molecular complexity index is 716. The molecule has 0 radical (unpaired) electrons. The lowest BCUT2D eigenvalue weighted by molar-refractivity contribution is -0.0987. The van der Waals surface area contributed by atoms with Crippen LogP contribution in [0.2, 0.25) is 0 Å². The molecule has 5 heteroatoms. The van der Waals surface area contributed by atoms with Gasteiger partial charge in [-0.2, -0.15) is 10.2 Å². The quantitative estimate of drug-likeness (QED) is 0.631. The summed E-state index contributed by atoms with van der Waals surface area (Å²) in [5.74, 6) is 0. The van der Waals surface area contributed by atoms with Crippen molar-refractivity contribution in [2.75, 3.05) is 19.0 Å². The highest BCUT2D eigenvalue weighted by Crippen LogP contribution is 2.43. The minimum Gasteiger partial charge on any atom is -0.378 e. The lowest BCUT2D eigenvalue weighted by atomic mass is 9.78. The van der Waals surface area contributed by atoms with Gasteiger partial charge in [0.15, 0.2) is 6.29 Å². The smallest absolute Gasteiger partial charge is 0.161 e. The molecule has 0 aliphatic heterocycles. The van der Waals surface area contributed by atoms with Gasteiger partial charge in [0.25, 0.3) is 0 Å². The van der Waals surface area contributed by atoms with Crippen molar-refractivity contribution in [2.45, 2.75) is 37.4 Å². The maximum absolute atomic E-state index is 9.85. The first-order chi connectivity index (χ1) is 12.0. The third kappa shape index (κ3) is 3.72. The van der Waals surface area contributed by atoms with Crippen LogP contribution < -0.4 is 4.90 Å². The first-order valence-corrected chi connectivity index (χ1v) is 8.67. The maximum Gasteiger partial charge on any atom is 0.161 e. The van der Waals surface area contributed by atoms with Crippen LogP contribution in [0, 0.1) is 0 Å². The van der Waals surface area contributed by atoms with E-state index in [1.807, 2.05) is 67.5 Å². The molecular weight excluding hydrogens is 314 g/mol. The summed E-state index contributed by atoms with van der Waals surface area (Å²) in [4.78, 5) is 2.04. The van der Waals surface area contributed by atoms with Crippen LogP contribution in [0.15, 0.2) is 58.8 Å². The lowest BCUT2D eigenvalue weighted by Gasteiger charge is -2.31. The average Bonchev–Trinajstić information content (AvgIpc) is 3.12. The highest BCUT2D eigenvalue weighted by Gasteiger charge is 2.41. The Balaban J connectivity index is 1.74. The first kappa shape index (κ1) is 17.6. The Morgan fingerprint density at radius 1 is 0.840 bits per heavy atom. The molecule has 0 atom stereocenters. The van der Waals surface area contributed by atoms with Crippen molar-refractivity contribution >= 4 is 17.1 Å². The van der Waals surface area contributed by atoms with Crippen molar-refractivity contribution in [3.05, 3.63) is 54.1 Å². The summed E-state index contributed by atoms with van der Waals surface area (Å²) >= 11 is 0. The molecule has 1 aliphatic carbocycles. The summed E-state index contributed by atoms with van der Waals surface area (Å²) in [5, 5.41) is 28.2. The molecule has 0 bridgehead atoms. The first-order valence-electron chi connectivity index (χ1n) is 8.67. The van der Waals surface area contributed by atoms with E-state index in [4.69, 9.17) is 0 Å². The standard InChI is InChI=1S/C20H25N3O2/c1-23(2)18-11-9-17(10-12-18)22-21-16-7-5-15(6-8-16)20(19(24)25)13-3-4-14-20/h5-12,19,24-25H,3-4,13-14H2,1-2H3. The highest BCUT2D eigenvalue weighted by molar-refractivity contribution is 5.52. The van der Waals surface area contributed by atoms with E-state index < -0.39 is 11.7 Å². The molecule has 3 rings (SSSR count). The van der Waals surface area contributed by atoms with E-state index in [1.165, 1.54) is 0 Å². The Kier molecular flexibility index (Phi) is 5.16. The van der Waals surface area contributed by atoms with E-state index in [9.17, 15) is 10.2 Å². The molecule has 0 heterocycles. The summed E-state index contributed by atoms with van der Waals surface area (Å²) in [6, 6.07) is 15.5. The molecule has 2 aromatic rings. The third-order valence-electron chi connectivity index (χ3n) is 5.08. The van der Waals surface area contributed by atoms with Gasteiger partial charge in [-0.1, -0.05) is 25.0 Å². The summed E-state index contributed by atoms with van der Waals surface area (Å²) in [5.41, 5.74) is 3.10. The number of aliphatic hydroxyl groups is 2. The average molecular weight is 339 g/mol. The molecule has 0 spiro atoms. The number of aliphatic hydroxyl groups excluding tert-OH is 1. The van der Waals surface area contributed by atoms with Gasteiger partial charge in [-0.15, -0.1) is 0 Å². The summed E-state index contributed by atoms with van der Waals surface area (Å²) in [6.07, 6.45) is 2.36. The Morgan fingerprint density at radius 3 is 1.76 bits per heavy atom. The van der Waals surface area contributed by atoms with E-state index in [1.54, 1.807) is 0 Å². The summed E-state index contributed by atoms with van der Waals surface area (Å²) in [7, 11) is 4.00. The van der Waals surface area contributed by atoms with Crippen molar-refractivity contribution < 1.29 is 10.2 Å². The number of nitrogens with zero attached hydrogens (tertiary/aromatic N) is 3. The molecule has 0 unspecified atom stereocenters. The SMILES string of the molecule is CN(C)c1ccc(N=Nc2ccc(C3(C(O)O)CCCC3)cc2)cc1. The van der Waals surface area contributed by atoms with E-state index >= 15 is 0 Å². The van der Waals surface area contributed by atoms with Crippen LogP contribution in [-0.4, -0.2) is 30.6 Å². The summed E-state index contributed by atoms with van der Waals surface area (Å²) in [6.45, 7) is 0. The van der Waals surface area contributed by atoms with Gasteiger partial charge in [0, 0.05) is 25.2 Å². The van der Waals surface area contributed by atoms with Gasteiger partial charge in [0.1, 0.15) is 0 Å². The van der Waals surface area contributed by atoms with Crippen molar-refractivity contribution in [3.63, 3.8) is 0 Å². The van der Waals surface area contributed by atoms with Crippen LogP contribution in [0.25, 0.3) is 0 Å². The van der Waals surface area contributed by atoms with Crippen LogP contribution in [0.1, 0.15) is 31.2 Å². The molecular formula is C20H25N3O2. The molecule has 1 fully saturated rings. The molecule has 0 saturated heterocycles. The zero-order valence-electron chi connectivity index (χ0n) is 14.8. The minimum absolute atomic E-state index is 0.530. The summed E-state index contributed by atoms with van der Waals surface area (Å²) < 4.78 is 0. The second-order valence-electron chi connectivity index (χ2n) is 6.89. The number of hydrogen-bond acceptors (Lipinski definition) is 5. The van der Waals surface area contributed by atoms with Gasteiger partial charge in [-0.05, 0) is 54.8 Å². The predicted molar refractivity (Wildman–Crippen MR) is 99.8 cm³/mol. The van der Waals surface area contributed by atoms with Crippen molar-refractivity contribution in [2.24, 2.45) is 10.2 Å². The third-order valence-corrected chi connectivity index (χ3v) is 5.08. The lowest BCUT2D eigenvalue weighted by Crippen LogP contribution is -2.36. The molecule has 0 amide bonds. The molecule has 25 heavy (non-hydrogen) atoms. The normalized spacial score (nSPS) is 16.7. The van der Waals surface area contributed by atoms with Gasteiger partial charge in [0.2, 0.25) is 0 Å². The molecule has 132 valence electrons. The van der Waals surface area contributed by atoms with Crippen LogP contribution in [0.5, 0.6) is 0 Å². The zero-order valence-corrected chi connectivity index (χ0v) is 14.8. The molecule has 5 nitrogen and oxygen atoms in total. The van der Waals surface area contributed by atoms with Gasteiger partial charge >= 0.3 is 0 Å². The number of azo groups is 1. The predicted octanol–water partition coefficient (Wildman–Crippen LogP) is 4.29. The molecule has 1 saturated carbocycles. The highest BCUT2D eigenvalue weighted by atomic mass is 16.5. The number of hydrogen-bond donors (Lipinski definition) is 2. The Labute approximate surface area is 148 Å². The monoisotopic (exact) mass is 339 g/mol. The van der Waals surface area contributed by atoms with Crippen molar-refractivity contribution in [1.29, 1.82) is 0 Å². The van der Waals surface area contributed by atoms with E-state index in [-0.39, 0.29) is 0 Å². The van der Waals surface area contributed by atoms with Crippen LogP contribution in [-0.2, 0) is 5.41 Å². The Morgan fingerprint density at radius 2 is 1.32 bits per heavy atom. The Hall–Kier alpha value is -2.24.